The molecule has 2 heteroatoms. The van der Waals surface area contributed by atoms with Gasteiger partial charge < -0.3 is 9.47 Å². The summed E-state index contributed by atoms with van der Waals surface area (Å²) in [4.78, 5) is 0. The number of rotatable bonds is 0. The molecule has 0 aromatic carbocycles. The molecule has 13 heavy (non-hydrogen) atoms. The van der Waals surface area contributed by atoms with Gasteiger partial charge >= 0.3 is 0 Å². The Morgan fingerprint density at radius 3 is 3.31 bits per heavy atom. The second kappa shape index (κ2) is 2.82. The van der Waals surface area contributed by atoms with E-state index in [1.165, 1.54) is 19.3 Å². The van der Waals surface area contributed by atoms with Crippen molar-refractivity contribution in [3.63, 3.8) is 0 Å². The first-order valence-corrected chi connectivity index (χ1v) is 5.29. The lowest BCUT2D eigenvalue weighted by atomic mass is 9.72. The number of ether oxygens (including phenoxy) is 2. The van der Waals surface area contributed by atoms with E-state index in [4.69, 9.17) is 9.47 Å². The first-order valence-electron chi connectivity index (χ1n) is 5.29. The van der Waals surface area contributed by atoms with Gasteiger partial charge in [0.2, 0.25) is 0 Å². The smallest absolute Gasteiger partial charge is 0.0922 e. The standard InChI is InChI=1S/C11H16O2/c1-2-7-12-8-11(5-1)6-3-4-9-10(11)13-9/h1-2,9-10H,3-8H2/t9-,10?,11-/m0/s1. The fraction of sp³-hybridized carbons (Fsp3) is 0.818. The largest absolute Gasteiger partial charge is 0.377 e. The first-order chi connectivity index (χ1) is 6.41. The quantitative estimate of drug-likeness (QED) is 0.419. The van der Waals surface area contributed by atoms with Crippen molar-refractivity contribution in [3.05, 3.63) is 12.2 Å². The maximum Gasteiger partial charge on any atom is 0.0922 e. The molecule has 3 aliphatic rings. The van der Waals surface area contributed by atoms with Gasteiger partial charge in [-0.3, -0.25) is 0 Å². The molecule has 2 fully saturated rings. The Balaban J connectivity index is 1.81. The van der Waals surface area contributed by atoms with Gasteiger partial charge in [-0.05, 0) is 19.3 Å². The van der Waals surface area contributed by atoms with E-state index in [9.17, 15) is 0 Å². The predicted octanol–water partition coefficient (Wildman–Crippen LogP) is 1.90. The fourth-order valence-corrected chi connectivity index (χ4v) is 2.85. The van der Waals surface area contributed by atoms with Crippen molar-refractivity contribution in [1.82, 2.24) is 0 Å². The zero-order valence-corrected chi connectivity index (χ0v) is 7.87. The Labute approximate surface area is 78.9 Å². The number of allylic oxidation sites excluding steroid dienone is 1. The Morgan fingerprint density at radius 1 is 1.31 bits per heavy atom. The highest BCUT2D eigenvalue weighted by molar-refractivity contribution is 5.08. The predicted molar refractivity (Wildman–Crippen MR) is 49.5 cm³/mol. The molecule has 3 rings (SSSR count). The van der Waals surface area contributed by atoms with Gasteiger partial charge in [0.25, 0.3) is 0 Å². The van der Waals surface area contributed by atoms with Crippen LogP contribution in [-0.4, -0.2) is 25.4 Å². The summed E-state index contributed by atoms with van der Waals surface area (Å²) in [5.41, 5.74) is 0.343. The van der Waals surface area contributed by atoms with Crippen molar-refractivity contribution in [2.24, 2.45) is 5.41 Å². The van der Waals surface area contributed by atoms with Crippen LogP contribution in [0.5, 0.6) is 0 Å². The van der Waals surface area contributed by atoms with Crippen molar-refractivity contribution in [3.8, 4) is 0 Å². The van der Waals surface area contributed by atoms with E-state index >= 15 is 0 Å². The van der Waals surface area contributed by atoms with Crippen LogP contribution in [0.25, 0.3) is 0 Å². The SMILES string of the molecule is C1=CC[C@]2(CCC[C@@H]3OC32)COC1. The van der Waals surface area contributed by atoms with E-state index in [2.05, 4.69) is 12.2 Å². The molecule has 2 heterocycles. The molecule has 2 aliphatic heterocycles. The lowest BCUT2D eigenvalue weighted by molar-refractivity contribution is 0.0369. The van der Waals surface area contributed by atoms with Crippen molar-refractivity contribution in [2.75, 3.05) is 13.2 Å². The highest BCUT2D eigenvalue weighted by Crippen LogP contribution is 2.51. The normalized spacial score (nSPS) is 48.6. The fourth-order valence-electron chi connectivity index (χ4n) is 2.85. The summed E-state index contributed by atoms with van der Waals surface area (Å²) < 4.78 is 11.3. The first kappa shape index (κ1) is 8.01. The summed E-state index contributed by atoms with van der Waals surface area (Å²) in [5.74, 6) is 0. The van der Waals surface area contributed by atoms with Crippen LogP contribution in [0.15, 0.2) is 12.2 Å². The van der Waals surface area contributed by atoms with Crippen LogP contribution in [0.4, 0.5) is 0 Å². The molecule has 1 aliphatic carbocycles. The second-order valence-electron chi connectivity index (χ2n) is 4.54. The molecule has 1 saturated carbocycles. The van der Waals surface area contributed by atoms with Crippen LogP contribution in [0.1, 0.15) is 25.7 Å². The topological polar surface area (TPSA) is 21.8 Å². The van der Waals surface area contributed by atoms with Gasteiger partial charge in [-0.15, -0.1) is 0 Å². The number of epoxide rings is 1. The average Bonchev–Trinajstić information content (AvgIpc) is 2.90. The van der Waals surface area contributed by atoms with E-state index in [1.807, 2.05) is 0 Å². The summed E-state index contributed by atoms with van der Waals surface area (Å²) in [6, 6.07) is 0. The molecule has 0 radical (unpaired) electrons. The minimum absolute atomic E-state index is 0.343. The molecule has 1 spiro atoms. The molecule has 0 N–H and O–H groups in total. The van der Waals surface area contributed by atoms with Gasteiger partial charge in [0.15, 0.2) is 0 Å². The van der Waals surface area contributed by atoms with E-state index in [0.29, 0.717) is 17.6 Å². The summed E-state index contributed by atoms with van der Waals surface area (Å²) in [5, 5.41) is 0. The molecule has 72 valence electrons. The van der Waals surface area contributed by atoms with Crippen molar-refractivity contribution in [2.45, 2.75) is 37.9 Å². The van der Waals surface area contributed by atoms with Gasteiger partial charge in [0.1, 0.15) is 0 Å². The van der Waals surface area contributed by atoms with Crippen LogP contribution >= 0.6 is 0 Å². The van der Waals surface area contributed by atoms with Gasteiger partial charge in [0, 0.05) is 5.41 Å². The third-order valence-electron chi connectivity index (χ3n) is 3.64. The Bertz CT molecular complexity index is 236. The number of hydrogen-bond donors (Lipinski definition) is 0. The minimum Gasteiger partial charge on any atom is -0.377 e. The van der Waals surface area contributed by atoms with Crippen LogP contribution in [0.3, 0.4) is 0 Å². The number of hydrogen-bond acceptors (Lipinski definition) is 2. The molecule has 0 aromatic rings. The average molecular weight is 180 g/mol. The van der Waals surface area contributed by atoms with Gasteiger partial charge in [-0.1, -0.05) is 18.6 Å². The zero-order chi connectivity index (χ0) is 8.73. The lowest BCUT2D eigenvalue weighted by Gasteiger charge is -2.32. The number of fused-ring (bicyclic) bond motifs is 2. The van der Waals surface area contributed by atoms with E-state index in [-0.39, 0.29) is 0 Å². The van der Waals surface area contributed by atoms with Crippen LogP contribution in [0, 0.1) is 5.41 Å². The molecular weight excluding hydrogens is 164 g/mol. The molecule has 1 unspecified atom stereocenters. The summed E-state index contributed by atoms with van der Waals surface area (Å²) in [6.07, 6.45) is 10.5. The third-order valence-corrected chi connectivity index (χ3v) is 3.64. The van der Waals surface area contributed by atoms with E-state index in [0.717, 1.165) is 19.6 Å². The van der Waals surface area contributed by atoms with Crippen LogP contribution < -0.4 is 0 Å². The summed E-state index contributed by atoms with van der Waals surface area (Å²) in [6.45, 7) is 1.69. The van der Waals surface area contributed by atoms with E-state index in [1.54, 1.807) is 0 Å². The van der Waals surface area contributed by atoms with Gasteiger partial charge in [0.05, 0.1) is 25.4 Å². The molecule has 0 aromatic heterocycles. The zero-order valence-electron chi connectivity index (χ0n) is 7.87. The maximum atomic E-state index is 5.71. The van der Waals surface area contributed by atoms with Gasteiger partial charge in [-0.25, -0.2) is 0 Å². The molecule has 2 nitrogen and oxygen atoms in total. The molecular formula is C11H16O2. The van der Waals surface area contributed by atoms with Crippen molar-refractivity contribution in [1.29, 1.82) is 0 Å². The molecule has 0 bridgehead atoms. The monoisotopic (exact) mass is 180 g/mol. The molecule has 3 atom stereocenters. The van der Waals surface area contributed by atoms with Crippen LogP contribution in [0.2, 0.25) is 0 Å². The maximum absolute atomic E-state index is 5.71. The Hall–Kier alpha value is -0.340. The van der Waals surface area contributed by atoms with Gasteiger partial charge in [-0.2, -0.15) is 0 Å². The Morgan fingerprint density at radius 2 is 2.31 bits per heavy atom. The lowest BCUT2D eigenvalue weighted by Crippen LogP contribution is -2.35. The van der Waals surface area contributed by atoms with E-state index < -0.39 is 0 Å². The summed E-state index contributed by atoms with van der Waals surface area (Å²) >= 11 is 0. The van der Waals surface area contributed by atoms with Crippen molar-refractivity contribution < 1.29 is 9.47 Å². The highest BCUT2D eigenvalue weighted by atomic mass is 16.6. The molecule has 0 amide bonds. The van der Waals surface area contributed by atoms with Crippen LogP contribution in [-0.2, 0) is 9.47 Å². The Kier molecular flexibility index (Phi) is 1.74. The minimum atomic E-state index is 0.343. The third kappa shape index (κ3) is 1.24. The highest BCUT2D eigenvalue weighted by Gasteiger charge is 2.56. The summed E-state index contributed by atoms with van der Waals surface area (Å²) in [7, 11) is 0. The molecule has 1 saturated heterocycles. The second-order valence-corrected chi connectivity index (χ2v) is 4.54. The van der Waals surface area contributed by atoms with Crippen molar-refractivity contribution >= 4 is 0 Å².